The molecule has 0 saturated heterocycles. The molecule has 0 rings (SSSR count). The molecule has 4 nitrogen and oxygen atoms in total. The molecule has 12 heavy (non-hydrogen) atoms. The highest BCUT2D eigenvalue weighted by Crippen LogP contribution is 1.96. The summed E-state index contributed by atoms with van der Waals surface area (Å²) in [7, 11) is 1.34. The number of rotatable bonds is 5. The Morgan fingerprint density at radius 2 is 2.17 bits per heavy atom. The van der Waals surface area contributed by atoms with E-state index in [4.69, 9.17) is 10.5 Å². The lowest BCUT2D eigenvalue weighted by molar-refractivity contribution is -0.153. The SMILES string of the molecule is CCC(N)COC(C)C(=O)OC. The van der Waals surface area contributed by atoms with E-state index in [1.165, 1.54) is 7.11 Å². The van der Waals surface area contributed by atoms with Gasteiger partial charge in [0.25, 0.3) is 0 Å². The number of ether oxygens (including phenoxy) is 2. The molecule has 0 fully saturated rings. The minimum absolute atomic E-state index is 0.00268. The molecular formula is C8H17NO3. The zero-order chi connectivity index (χ0) is 9.56. The molecule has 2 N–H and O–H groups in total. The molecule has 0 aromatic carbocycles. The van der Waals surface area contributed by atoms with Gasteiger partial charge in [0.2, 0.25) is 0 Å². The smallest absolute Gasteiger partial charge is 0.334 e. The molecule has 0 saturated carbocycles. The van der Waals surface area contributed by atoms with E-state index in [0.717, 1.165) is 6.42 Å². The standard InChI is InChI=1S/C8H17NO3/c1-4-7(9)5-12-6(2)8(10)11-3/h6-7H,4-5,9H2,1-3H3. The van der Waals surface area contributed by atoms with E-state index in [2.05, 4.69) is 4.74 Å². The van der Waals surface area contributed by atoms with Crippen LogP contribution in [0.2, 0.25) is 0 Å². The molecule has 0 bridgehead atoms. The molecule has 0 aromatic heterocycles. The quantitative estimate of drug-likeness (QED) is 0.610. The maximum absolute atomic E-state index is 10.8. The predicted molar refractivity (Wildman–Crippen MR) is 45.7 cm³/mol. The summed E-state index contributed by atoms with van der Waals surface area (Å²) in [6.07, 6.45) is 0.320. The van der Waals surface area contributed by atoms with Crippen LogP contribution in [0.5, 0.6) is 0 Å². The second-order valence-corrected chi connectivity index (χ2v) is 2.67. The van der Waals surface area contributed by atoms with Gasteiger partial charge in [-0.05, 0) is 13.3 Å². The summed E-state index contributed by atoms with van der Waals surface area (Å²) < 4.78 is 9.62. The Bertz CT molecular complexity index is 138. The summed E-state index contributed by atoms with van der Waals surface area (Å²) in [5.41, 5.74) is 5.59. The first kappa shape index (κ1) is 11.4. The lowest BCUT2D eigenvalue weighted by atomic mass is 10.2. The zero-order valence-corrected chi connectivity index (χ0v) is 7.87. The van der Waals surface area contributed by atoms with Gasteiger partial charge in [0.1, 0.15) is 0 Å². The first-order valence-corrected chi connectivity index (χ1v) is 4.06. The first-order valence-electron chi connectivity index (χ1n) is 4.06. The monoisotopic (exact) mass is 175 g/mol. The molecule has 0 aliphatic rings. The van der Waals surface area contributed by atoms with E-state index in [9.17, 15) is 4.79 Å². The van der Waals surface area contributed by atoms with Crippen molar-refractivity contribution >= 4 is 5.97 Å². The molecule has 0 aliphatic carbocycles. The van der Waals surface area contributed by atoms with Crippen molar-refractivity contribution in [3.05, 3.63) is 0 Å². The highest BCUT2D eigenvalue weighted by atomic mass is 16.6. The van der Waals surface area contributed by atoms with E-state index >= 15 is 0 Å². The molecule has 0 spiro atoms. The van der Waals surface area contributed by atoms with Crippen LogP contribution < -0.4 is 5.73 Å². The molecule has 0 aliphatic heterocycles. The fourth-order valence-electron chi connectivity index (χ4n) is 0.620. The van der Waals surface area contributed by atoms with Crippen LogP contribution in [0.1, 0.15) is 20.3 Å². The van der Waals surface area contributed by atoms with E-state index < -0.39 is 6.10 Å². The highest BCUT2D eigenvalue weighted by molar-refractivity contribution is 5.73. The van der Waals surface area contributed by atoms with E-state index in [0.29, 0.717) is 6.61 Å². The van der Waals surface area contributed by atoms with Crippen molar-refractivity contribution in [2.75, 3.05) is 13.7 Å². The lowest BCUT2D eigenvalue weighted by Crippen LogP contribution is -2.31. The van der Waals surface area contributed by atoms with E-state index in [-0.39, 0.29) is 12.0 Å². The Morgan fingerprint density at radius 3 is 2.58 bits per heavy atom. The molecule has 2 unspecified atom stereocenters. The molecule has 0 amide bonds. The van der Waals surface area contributed by atoms with Gasteiger partial charge < -0.3 is 15.2 Å². The van der Waals surface area contributed by atoms with Gasteiger partial charge in [-0.1, -0.05) is 6.92 Å². The summed E-state index contributed by atoms with van der Waals surface area (Å²) in [5, 5.41) is 0. The van der Waals surface area contributed by atoms with Crippen LogP contribution in [0.25, 0.3) is 0 Å². The maximum Gasteiger partial charge on any atom is 0.334 e. The van der Waals surface area contributed by atoms with Crippen LogP contribution in [-0.2, 0) is 14.3 Å². The number of hydrogen-bond donors (Lipinski definition) is 1. The van der Waals surface area contributed by atoms with Gasteiger partial charge in [0.15, 0.2) is 6.10 Å². The summed E-state index contributed by atoms with van der Waals surface area (Å²) in [6, 6.07) is -0.00268. The average molecular weight is 175 g/mol. The number of methoxy groups -OCH3 is 1. The number of esters is 1. The Labute approximate surface area is 73.0 Å². The Kier molecular flexibility index (Phi) is 5.66. The van der Waals surface area contributed by atoms with Gasteiger partial charge in [-0.25, -0.2) is 4.79 Å². The van der Waals surface area contributed by atoms with Crippen LogP contribution >= 0.6 is 0 Å². The number of nitrogens with two attached hydrogens (primary N) is 1. The normalized spacial score (nSPS) is 15.3. The first-order chi connectivity index (χ1) is 5.61. The highest BCUT2D eigenvalue weighted by Gasteiger charge is 2.13. The van der Waals surface area contributed by atoms with Crippen molar-refractivity contribution in [2.24, 2.45) is 5.73 Å². The van der Waals surface area contributed by atoms with Crippen molar-refractivity contribution in [3.63, 3.8) is 0 Å². The van der Waals surface area contributed by atoms with Crippen molar-refractivity contribution in [2.45, 2.75) is 32.4 Å². The van der Waals surface area contributed by atoms with Crippen molar-refractivity contribution < 1.29 is 14.3 Å². The van der Waals surface area contributed by atoms with Crippen molar-refractivity contribution in [1.29, 1.82) is 0 Å². The molecule has 72 valence electrons. The fourth-order valence-corrected chi connectivity index (χ4v) is 0.620. The van der Waals surface area contributed by atoms with Crippen LogP contribution in [0, 0.1) is 0 Å². The minimum Gasteiger partial charge on any atom is -0.467 e. The topological polar surface area (TPSA) is 61.5 Å². The van der Waals surface area contributed by atoms with Gasteiger partial charge >= 0.3 is 5.97 Å². The van der Waals surface area contributed by atoms with Gasteiger partial charge in [-0.2, -0.15) is 0 Å². The number of hydrogen-bond acceptors (Lipinski definition) is 4. The molecule has 2 atom stereocenters. The van der Waals surface area contributed by atoms with Gasteiger partial charge in [0, 0.05) is 6.04 Å². The van der Waals surface area contributed by atoms with Gasteiger partial charge in [-0.15, -0.1) is 0 Å². The third-order valence-corrected chi connectivity index (χ3v) is 1.62. The summed E-state index contributed by atoms with van der Waals surface area (Å²) >= 11 is 0. The average Bonchev–Trinajstić information content (AvgIpc) is 2.11. The van der Waals surface area contributed by atoms with Crippen LogP contribution in [0.3, 0.4) is 0 Å². The fraction of sp³-hybridized carbons (Fsp3) is 0.875. The number of carbonyl (C=O) groups is 1. The van der Waals surface area contributed by atoms with Crippen molar-refractivity contribution in [3.8, 4) is 0 Å². The maximum atomic E-state index is 10.8. The van der Waals surface area contributed by atoms with Crippen molar-refractivity contribution in [1.82, 2.24) is 0 Å². The third kappa shape index (κ3) is 4.31. The largest absolute Gasteiger partial charge is 0.467 e. The molecule has 0 aromatic rings. The summed E-state index contributed by atoms with van der Waals surface area (Å²) in [6.45, 7) is 4.01. The second kappa shape index (κ2) is 5.97. The van der Waals surface area contributed by atoms with Crippen LogP contribution in [0.15, 0.2) is 0 Å². The Hall–Kier alpha value is -0.610. The minimum atomic E-state index is -0.521. The summed E-state index contributed by atoms with van der Waals surface area (Å²) in [4.78, 5) is 10.8. The Balaban J connectivity index is 3.56. The van der Waals surface area contributed by atoms with Crippen LogP contribution in [-0.4, -0.2) is 31.8 Å². The number of carbonyl (C=O) groups excluding carboxylic acids is 1. The summed E-state index contributed by atoms with van der Waals surface area (Å²) in [5.74, 6) is -0.363. The van der Waals surface area contributed by atoms with E-state index in [1.807, 2.05) is 6.92 Å². The molecule has 0 radical (unpaired) electrons. The second-order valence-electron chi connectivity index (χ2n) is 2.67. The molecular weight excluding hydrogens is 158 g/mol. The molecule has 4 heteroatoms. The zero-order valence-electron chi connectivity index (χ0n) is 7.87. The molecule has 0 heterocycles. The van der Waals surface area contributed by atoms with Gasteiger partial charge in [-0.3, -0.25) is 0 Å². The lowest BCUT2D eigenvalue weighted by Gasteiger charge is -2.13. The third-order valence-electron chi connectivity index (χ3n) is 1.62. The predicted octanol–water partition coefficient (Wildman–Crippen LogP) is 0.302. The Morgan fingerprint density at radius 1 is 1.58 bits per heavy atom. The van der Waals surface area contributed by atoms with Crippen LogP contribution in [0.4, 0.5) is 0 Å². The van der Waals surface area contributed by atoms with E-state index in [1.54, 1.807) is 6.92 Å². The van der Waals surface area contributed by atoms with Gasteiger partial charge in [0.05, 0.1) is 13.7 Å².